The molecule has 7 nitrogen and oxygen atoms in total. The number of carbonyl (C=O) groups excluding carboxylic acids is 1. The molecule has 202 valence electrons. The molecule has 0 unspecified atom stereocenters. The molecule has 0 saturated carbocycles. The number of para-hydroxylation sites is 2. The molecular weight excluding hydrogens is 612 g/mol. The Balaban J connectivity index is 1.50. The van der Waals surface area contributed by atoms with Crippen molar-refractivity contribution in [2.75, 3.05) is 12.0 Å². The van der Waals surface area contributed by atoms with Gasteiger partial charge in [-0.2, -0.15) is 8.42 Å². The van der Waals surface area contributed by atoms with E-state index in [0.29, 0.717) is 25.8 Å². The molecule has 5 rings (SSSR count). The summed E-state index contributed by atoms with van der Waals surface area (Å²) >= 11 is 4.67. The summed E-state index contributed by atoms with van der Waals surface area (Å²) < 4.78 is 37.1. The largest absolute Gasteiger partial charge is 0.493 e. The molecule has 0 radical (unpaired) electrons. The standard InChI is InChI=1S/C30H23BrN2O5S2/c1-20-13-15-24(16-14-20)40(35,36)38-28-25(31)17-21(18-26(28)37-2)19-27-29(34)33(23-11-7-4-8-12-23)30(39-27)32-22-9-5-3-6-10-22/h3-19H,1-2H3/b27-19+,32-30?. The highest BCUT2D eigenvalue weighted by molar-refractivity contribution is 9.10. The van der Waals surface area contributed by atoms with Crippen molar-refractivity contribution >= 4 is 66.3 Å². The number of hydrogen-bond donors (Lipinski definition) is 0. The zero-order valence-electron chi connectivity index (χ0n) is 21.4. The van der Waals surface area contributed by atoms with Gasteiger partial charge in [-0.3, -0.25) is 9.69 Å². The van der Waals surface area contributed by atoms with Gasteiger partial charge in [0.25, 0.3) is 5.91 Å². The minimum Gasteiger partial charge on any atom is -0.493 e. The van der Waals surface area contributed by atoms with Gasteiger partial charge in [-0.05, 0) is 94.8 Å². The highest BCUT2D eigenvalue weighted by Gasteiger charge is 2.35. The summed E-state index contributed by atoms with van der Waals surface area (Å²) in [6, 6.07) is 28.4. The molecule has 0 aliphatic carbocycles. The quantitative estimate of drug-likeness (QED) is 0.156. The Morgan fingerprint density at radius 1 is 0.925 bits per heavy atom. The number of anilines is 1. The maximum absolute atomic E-state index is 13.6. The van der Waals surface area contributed by atoms with Crippen molar-refractivity contribution in [1.82, 2.24) is 0 Å². The van der Waals surface area contributed by atoms with Gasteiger partial charge in [0, 0.05) is 0 Å². The fourth-order valence-electron chi connectivity index (χ4n) is 3.88. The third-order valence-corrected chi connectivity index (χ3v) is 8.65. The first kappa shape index (κ1) is 27.7. The maximum Gasteiger partial charge on any atom is 0.339 e. The summed E-state index contributed by atoms with van der Waals surface area (Å²) in [5.74, 6) is -0.0402. The van der Waals surface area contributed by atoms with Gasteiger partial charge in [0.2, 0.25) is 0 Å². The van der Waals surface area contributed by atoms with Gasteiger partial charge in [0.15, 0.2) is 16.7 Å². The van der Waals surface area contributed by atoms with E-state index in [1.54, 1.807) is 35.2 Å². The summed E-state index contributed by atoms with van der Waals surface area (Å²) in [4.78, 5) is 20.4. The van der Waals surface area contributed by atoms with Crippen LogP contribution in [0.3, 0.4) is 0 Å². The molecular formula is C30H23BrN2O5S2. The lowest BCUT2D eigenvalue weighted by Crippen LogP contribution is -2.28. The van der Waals surface area contributed by atoms with Gasteiger partial charge in [0.1, 0.15) is 4.90 Å². The van der Waals surface area contributed by atoms with E-state index < -0.39 is 10.1 Å². The number of methoxy groups -OCH3 is 1. The first-order valence-corrected chi connectivity index (χ1v) is 15.1. The number of halogens is 1. The minimum atomic E-state index is -4.11. The lowest BCUT2D eigenvalue weighted by molar-refractivity contribution is -0.113. The molecule has 1 amide bonds. The Hall–Kier alpha value is -3.86. The highest BCUT2D eigenvalue weighted by Crippen LogP contribution is 2.41. The van der Waals surface area contributed by atoms with Crippen molar-refractivity contribution in [1.29, 1.82) is 0 Å². The summed E-state index contributed by atoms with van der Waals surface area (Å²) in [5, 5.41) is 0.517. The van der Waals surface area contributed by atoms with Crippen LogP contribution in [0.1, 0.15) is 11.1 Å². The van der Waals surface area contributed by atoms with E-state index in [9.17, 15) is 13.2 Å². The van der Waals surface area contributed by atoms with Gasteiger partial charge >= 0.3 is 10.1 Å². The number of aliphatic imine (C=N–C) groups is 1. The number of ether oxygens (including phenoxy) is 1. The van der Waals surface area contributed by atoms with Crippen molar-refractivity contribution < 1.29 is 22.1 Å². The van der Waals surface area contributed by atoms with Crippen LogP contribution in [-0.4, -0.2) is 26.6 Å². The Morgan fingerprint density at radius 2 is 1.57 bits per heavy atom. The van der Waals surface area contributed by atoms with Gasteiger partial charge in [0.05, 0.1) is 27.9 Å². The minimum absolute atomic E-state index is 0.00728. The number of rotatable bonds is 7. The summed E-state index contributed by atoms with van der Waals surface area (Å²) in [7, 11) is -2.69. The second-order valence-electron chi connectivity index (χ2n) is 8.70. The fourth-order valence-corrected chi connectivity index (χ4v) is 6.49. The van der Waals surface area contributed by atoms with E-state index in [1.807, 2.05) is 67.6 Å². The first-order valence-electron chi connectivity index (χ1n) is 12.1. The van der Waals surface area contributed by atoms with Crippen molar-refractivity contribution in [3.8, 4) is 11.5 Å². The van der Waals surface area contributed by atoms with E-state index in [-0.39, 0.29) is 22.3 Å². The zero-order valence-corrected chi connectivity index (χ0v) is 24.7. The van der Waals surface area contributed by atoms with Gasteiger partial charge in [-0.1, -0.05) is 54.1 Å². The number of benzene rings is 4. The molecule has 4 aromatic carbocycles. The average Bonchev–Trinajstić information content (AvgIpc) is 3.25. The molecule has 10 heteroatoms. The van der Waals surface area contributed by atoms with E-state index >= 15 is 0 Å². The van der Waals surface area contributed by atoms with Crippen molar-refractivity contribution in [3.05, 3.63) is 118 Å². The normalized spacial score (nSPS) is 15.6. The van der Waals surface area contributed by atoms with Gasteiger partial charge < -0.3 is 8.92 Å². The number of hydrogen-bond acceptors (Lipinski definition) is 7. The molecule has 4 aromatic rings. The summed E-state index contributed by atoms with van der Waals surface area (Å²) in [6.07, 6.45) is 1.71. The zero-order chi connectivity index (χ0) is 28.3. The predicted molar refractivity (Wildman–Crippen MR) is 163 cm³/mol. The molecule has 0 aromatic heterocycles. The Bertz CT molecular complexity index is 1720. The molecule has 0 spiro atoms. The number of amidine groups is 1. The monoisotopic (exact) mass is 634 g/mol. The van der Waals surface area contributed by atoms with E-state index in [4.69, 9.17) is 13.9 Å². The first-order chi connectivity index (χ1) is 19.2. The molecule has 0 N–H and O–H groups in total. The average molecular weight is 636 g/mol. The van der Waals surface area contributed by atoms with Crippen LogP contribution < -0.4 is 13.8 Å². The molecule has 1 saturated heterocycles. The molecule has 1 aliphatic rings. The topological polar surface area (TPSA) is 85.3 Å². The molecule has 1 aliphatic heterocycles. The number of nitrogens with zero attached hydrogens (tertiary/aromatic N) is 2. The van der Waals surface area contributed by atoms with E-state index in [0.717, 1.165) is 11.3 Å². The van der Waals surface area contributed by atoms with Crippen LogP contribution in [0.15, 0.2) is 116 Å². The molecule has 1 fully saturated rings. The lowest BCUT2D eigenvalue weighted by Gasteiger charge is -2.15. The van der Waals surface area contributed by atoms with E-state index in [2.05, 4.69) is 15.9 Å². The van der Waals surface area contributed by atoms with Crippen LogP contribution in [0.4, 0.5) is 11.4 Å². The summed E-state index contributed by atoms with van der Waals surface area (Å²) in [6.45, 7) is 1.87. The Morgan fingerprint density at radius 3 is 2.23 bits per heavy atom. The number of carbonyl (C=O) groups is 1. The summed E-state index contributed by atoms with van der Waals surface area (Å²) in [5.41, 5.74) is 2.95. The maximum atomic E-state index is 13.6. The lowest BCUT2D eigenvalue weighted by atomic mass is 10.2. The predicted octanol–water partition coefficient (Wildman–Crippen LogP) is 7.34. The van der Waals surface area contributed by atoms with Gasteiger partial charge in [-0.25, -0.2) is 4.99 Å². The second kappa shape index (κ2) is 11.7. The Labute approximate surface area is 245 Å². The Kier molecular flexibility index (Phi) is 8.11. The number of amides is 1. The van der Waals surface area contributed by atoms with E-state index in [1.165, 1.54) is 31.0 Å². The van der Waals surface area contributed by atoms with Crippen LogP contribution >= 0.6 is 27.7 Å². The highest BCUT2D eigenvalue weighted by atomic mass is 79.9. The molecule has 0 atom stereocenters. The smallest absolute Gasteiger partial charge is 0.339 e. The SMILES string of the molecule is COc1cc(/C=C2/SC(=Nc3ccccc3)N(c3ccccc3)C2=O)cc(Br)c1OS(=O)(=O)c1ccc(C)cc1. The van der Waals surface area contributed by atoms with Crippen LogP contribution in [-0.2, 0) is 14.9 Å². The second-order valence-corrected chi connectivity index (χ2v) is 12.1. The van der Waals surface area contributed by atoms with Crippen molar-refractivity contribution in [2.24, 2.45) is 4.99 Å². The number of thioether (sulfide) groups is 1. The molecule has 40 heavy (non-hydrogen) atoms. The van der Waals surface area contributed by atoms with Gasteiger partial charge in [-0.15, -0.1) is 0 Å². The molecule has 1 heterocycles. The van der Waals surface area contributed by atoms with Crippen molar-refractivity contribution in [3.63, 3.8) is 0 Å². The van der Waals surface area contributed by atoms with Crippen LogP contribution in [0, 0.1) is 6.92 Å². The number of aryl methyl sites for hydroxylation is 1. The third-order valence-electron chi connectivity index (χ3n) is 5.85. The van der Waals surface area contributed by atoms with Crippen LogP contribution in [0.2, 0.25) is 0 Å². The molecule has 0 bridgehead atoms. The third kappa shape index (κ3) is 5.99. The fraction of sp³-hybridized carbons (Fsp3) is 0.0667. The van der Waals surface area contributed by atoms with Crippen molar-refractivity contribution in [2.45, 2.75) is 11.8 Å². The van der Waals surface area contributed by atoms with Crippen LogP contribution in [0.25, 0.3) is 6.08 Å². The van der Waals surface area contributed by atoms with Crippen LogP contribution in [0.5, 0.6) is 11.5 Å².